The Labute approximate surface area is 128 Å². The Morgan fingerprint density at radius 1 is 1.23 bits per heavy atom. The van der Waals surface area contributed by atoms with Crippen LogP contribution in [0, 0.1) is 11.3 Å². The van der Waals surface area contributed by atoms with Crippen molar-refractivity contribution in [1.29, 1.82) is 5.26 Å². The Kier molecular flexibility index (Phi) is 3.71. The van der Waals surface area contributed by atoms with Gasteiger partial charge >= 0.3 is 0 Å². The second-order valence-corrected chi connectivity index (χ2v) is 5.12. The molecule has 0 aliphatic carbocycles. The molecule has 0 fully saturated rings. The Hall–Kier alpha value is -2.93. The number of nitriles is 1. The van der Waals surface area contributed by atoms with Gasteiger partial charge in [0.1, 0.15) is 5.82 Å². The number of nitrogens with zero attached hydrogens (tertiary/aromatic N) is 2. The molecule has 0 saturated carbocycles. The van der Waals surface area contributed by atoms with Crippen LogP contribution in [0.3, 0.4) is 0 Å². The maximum absolute atomic E-state index is 12.6. The Morgan fingerprint density at radius 3 is 2.59 bits per heavy atom. The van der Waals surface area contributed by atoms with Gasteiger partial charge in [0, 0.05) is 5.56 Å². The van der Waals surface area contributed by atoms with Gasteiger partial charge in [-0.15, -0.1) is 0 Å². The number of ketones is 1. The van der Waals surface area contributed by atoms with Crippen molar-refractivity contribution < 1.29 is 4.79 Å². The Balaban J connectivity index is 1.95. The van der Waals surface area contributed by atoms with Gasteiger partial charge in [0.2, 0.25) is 0 Å². The molecule has 4 nitrogen and oxygen atoms in total. The summed E-state index contributed by atoms with van der Waals surface area (Å²) in [5.74, 6) is -0.752. The average molecular weight is 289 g/mol. The quantitative estimate of drug-likeness (QED) is 0.746. The predicted octanol–water partition coefficient (Wildman–Crippen LogP) is 3.62. The molecule has 1 aromatic heterocycles. The van der Waals surface area contributed by atoms with E-state index >= 15 is 0 Å². The van der Waals surface area contributed by atoms with Gasteiger partial charge in [-0.25, -0.2) is 4.98 Å². The molecule has 108 valence electrons. The summed E-state index contributed by atoms with van der Waals surface area (Å²) >= 11 is 0. The van der Waals surface area contributed by atoms with Crippen molar-refractivity contribution in [3.05, 3.63) is 65.5 Å². The van der Waals surface area contributed by atoms with E-state index in [2.05, 4.69) is 23.0 Å². The molecular weight excluding hydrogens is 274 g/mol. The van der Waals surface area contributed by atoms with Gasteiger partial charge in [-0.05, 0) is 24.1 Å². The normalized spacial score (nSPS) is 12.0. The van der Waals surface area contributed by atoms with Crippen LogP contribution >= 0.6 is 0 Å². The lowest BCUT2D eigenvalue weighted by Gasteiger charge is -2.06. The molecule has 0 spiro atoms. The number of H-pyrrole nitrogens is 1. The van der Waals surface area contributed by atoms with Gasteiger partial charge in [0.15, 0.2) is 11.7 Å². The summed E-state index contributed by atoms with van der Waals surface area (Å²) in [6.45, 7) is 2.06. The third-order valence-electron chi connectivity index (χ3n) is 3.72. The first-order chi connectivity index (χ1) is 10.7. The van der Waals surface area contributed by atoms with E-state index in [1.165, 1.54) is 0 Å². The van der Waals surface area contributed by atoms with E-state index < -0.39 is 5.92 Å². The molecule has 0 aliphatic heterocycles. The van der Waals surface area contributed by atoms with Crippen molar-refractivity contribution in [1.82, 2.24) is 9.97 Å². The van der Waals surface area contributed by atoms with Crippen molar-refractivity contribution in [3.8, 4) is 6.07 Å². The zero-order valence-corrected chi connectivity index (χ0v) is 12.2. The minimum absolute atomic E-state index is 0.232. The molecule has 4 heteroatoms. The van der Waals surface area contributed by atoms with E-state index in [9.17, 15) is 10.1 Å². The van der Waals surface area contributed by atoms with Crippen LogP contribution in [0.15, 0.2) is 48.5 Å². The van der Waals surface area contributed by atoms with E-state index in [1.54, 1.807) is 12.1 Å². The molecule has 0 bridgehead atoms. The summed E-state index contributed by atoms with van der Waals surface area (Å²) in [7, 11) is 0. The van der Waals surface area contributed by atoms with Gasteiger partial charge < -0.3 is 4.98 Å². The first-order valence-corrected chi connectivity index (χ1v) is 7.20. The zero-order valence-electron chi connectivity index (χ0n) is 12.2. The first kappa shape index (κ1) is 14.0. The summed E-state index contributed by atoms with van der Waals surface area (Å²) in [4.78, 5) is 20.0. The fourth-order valence-electron chi connectivity index (χ4n) is 2.42. The number of carbonyl (C=O) groups is 1. The summed E-state index contributed by atoms with van der Waals surface area (Å²) in [6.07, 6.45) is 0.916. The number of fused-ring (bicyclic) bond motifs is 1. The maximum atomic E-state index is 12.6. The van der Waals surface area contributed by atoms with Crippen molar-refractivity contribution in [2.45, 2.75) is 19.3 Å². The van der Waals surface area contributed by atoms with Gasteiger partial charge in [-0.2, -0.15) is 5.26 Å². The van der Waals surface area contributed by atoms with Crippen molar-refractivity contribution in [2.75, 3.05) is 0 Å². The smallest absolute Gasteiger partial charge is 0.187 e. The molecule has 0 amide bonds. The topological polar surface area (TPSA) is 69.5 Å². The molecule has 0 unspecified atom stereocenters. The molecule has 0 aliphatic rings. The van der Waals surface area contributed by atoms with E-state index in [4.69, 9.17) is 0 Å². The van der Waals surface area contributed by atoms with Crippen molar-refractivity contribution in [2.24, 2.45) is 0 Å². The first-order valence-electron chi connectivity index (χ1n) is 7.20. The predicted molar refractivity (Wildman–Crippen MR) is 84.6 cm³/mol. The minimum Gasteiger partial charge on any atom is -0.340 e. The molecule has 0 radical (unpaired) electrons. The van der Waals surface area contributed by atoms with Crippen LogP contribution in [0.4, 0.5) is 0 Å². The molecule has 3 aromatic rings. The van der Waals surface area contributed by atoms with Gasteiger partial charge in [-0.1, -0.05) is 43.3 Å². The van der Waals surface area contributed by atoms with Crippen LogP contribution in [0.2, 0.25) is 0 Å². The van der Waals surface area contributed by atoms with Gasteiger partial charge in [0.05, 0.1) is 17.1 Å². The van der Waals surface area contributed by atoms with Crippen LogP contribution < -0.4 is 0 Å². The second-order valence-electron chi connectivity index (χ2n) is 5.12. The molecule has 2 aromatic carbocycles. The third kappa shape index (κ3) is 2.49. The number of hydrogen-bond donors (Lipinski definition) is 1. The average Bonchev–Trinajstić information content (AvgIpc) is 2.99. The standard InChI is InChI=1S/C18H15N3O/c1-2-12-7-9-13(10-8-12)17(22)14(11-19)18-20-15-5-3-4-6-16(15)21-18/h3-10,14H,2H2,1H3,(H,20,21)/t14-/m1/s1. The highest BCUT2D eigenvalue weighted by molar-refractivity contribution is 6.02. The number of nitrogens with one attached hydrogen (secondary N) is 1. The van der Waals surface area contributed by atoms with Crippen LogP contribution in [0.25, 0.3) is 11.0 Å². The summed E-state index contributed by atoms with van der Waals surface area (Å²) in [5.41, 5.74) is 3.27. The van der Waals surface area contributed by atoms with Gasteiger partial charge in [-0.3, -0.25) is 4.79 Å². The number of aromatic nitrogens is 2. The Morgan fingerprint density at radius 2 is 1.95 bits per heavy atom. The number of imidazole rings is 1. The van der Waals surface area contributed by atoms with E-state index in [1.807, 2.05) is 36.4 Å². The van der Waals surface area contributed by atoms with Crippen molar-refractivity contribution in [3.63, 3.8) is 0 Å². The SMILES string of the molecule is CCc1ccc(C(=O)[C@@H](C#N)c2nc3ccccc3[nH]2)cc1. The molecule has 22 heavy (non-hydrogen) atoms. The van der Waals surface area contributed by atoms with Crippen LogP contribution in [-0.2, 0) is 6.42 Å². The number of aromatic amines is 1. The molecule has 0 saturated heterocycles. The number of aryl methyl sites for hydroxylation is 1. The van der Waals surface area contributed by atoms with E-state index in [0.717, 1.165) is 23.0 Å². The monoisotopic (exact) mass is 289 g/mol. The maximum Gasteiger partial charge on any atom is 0.187 e. The van der Waals surface area contributed by atoms with E-state index in [0.29, 0.717) is 11.4 Å². The number of rotatable bonds is 4. The summed E-state index contributed by atoms with van der Waals surface area (Å²) in [5, 5.41) is 9.41. The molecule has 3 rings (SSSR count). The van der Waals surface area contributed by atoms with Gasteiger partial charge in [0.25, 0.3) is 0 Å². The number of hydrogen-bond acceptors (Lipinski definition) is 3. The molecule has 1 N–H and O–H groups in total. The largest absolute Gasteiger partial charge is 0.340 e. The lowest BCUT2D eigenvalue weighted by Crippen LogP contribution is -2.12. The molecular formula is C18H15N3O. The highest BCUT2D eigenvalue weighted by atomic mass is 16.1. The van der Waals surface area contributed by atoms with E-state index in [-0.39, 0.29) is 5.78 Å². The second kappa shape index (κ2) is 5.82. The summed E-state index contributed by atoms with van der Waals surface area (Å²) in [6, 6.07) is 16.9. The van der Waals surface area contributed by atoms with Crippen LogP contribution in [-0.4, -0.2) is 15.8 Å². The summed E-state index contributed by atoms with van der Waals surface area (Å²) < 4.78 is 0. The minimum atomic E-state index is -0.917. The zero-order chi connectivity index (χ0) is 15.5. The fraction of sp³-hybridized carbons (Fsp3) is 0.167. The highest BCUT2D eigenvalue weighted by Crippen LogP contribution is 2.21. The Bertz CT molecular complexity index is 823. The fourth-order valence-corrected chi connectivity index (χ4v) is 2.42. The number of Topliss-reactive ketones (excluding diaryl/α,β-unsaturated/α-hetero) is 1. The lowest BCUT2D eigenvalue weighted by atomic mass is 9.97. The lowest BCUT2D eigenvalue weighted by molar-refractivity contribution is 0.0976. The van der Waals surface area contributed by atoms with Crippen LogP contribution in [0.1, 0.15) is 34.6 Å². The number of carbonyl (C=O) groups excluding carboxylic acids is 1. The highest BCUT2D eigenvalue weighted by Gasteiger charge is 2.24. The molecule has 1 heterocycles. The third-order valence-corrected chi connectivity index (χ3v) is 3.72. The van der Waals surface area contributed by atoms with Crippen molar-refractivity contribution >= 4 is 16.8 Å². The number of para-hydroxylation sites is 2. The van der Waals surface area contributed by atoms with Crippen LogP contribution in [0.5, 0.6) is 0 Å². The number of benzene rings is 2. The molecule has 1 atom stereocenters.